The molecule has 1 aliphatic rings. The Labute approximate surface area is 167 Å². The monoisotopic (exact) mass is 443 g/mol. The summed E-state index contributed by atoms with van der Waals surface area (Å²) in [5, 5.41) is 2.65. The lowest BCUT2D eigenvalue weighted by atomic mass is 10.2. The van der Waals surface area contributed by atoms with Gasteiger partial charge in [0.1, 0.15) is 11.6 Å². The highest BCUT2D eigenvalue weighted by atomic mass is 79.9. The van der Waals surface area contributed by atoms with Crippen molar-refractivity contribution in [1.29, 1.82) is 0 Å². The molecule has 2 heterocycles. The summed E-state index contributed by atoms with van der Waals surface area (Å²) in [7, 11) is 1.34. The molecule has 1 amide bonds. The number of carbonyl (C=O) groups is 2. The van der Waals surface area contributed by atoms with Gasteiger partial charge in [-0.15, -0.1) is 0 Å². The molecule has 0 bridgehead atoms. The van der Waals surface area contributed by atoms with Crippen LogP contribution < -0.4 is 10.2 Å². The molecule has 1 aromatic heterocycles. The van der Waals surface area contributed by atoms with Gasteiger partial charge in [0, 0.05) is 45.1 Å². The van der Waals surface area contributed by atoms with Crippen molar-refractivity contribution in [3.8, 4) is 0 Å². The number of rotatable bonds is 5. The first-order chi connectivity index (χ1) is 12.7. The van der Waals surface area contributed by atoms with Gasteiger partial charge in [0.15, 0.2) is 0 Å². The zero-order chi connectivity index (χ0) is 20.0. The Morgan fingerprint density at radius 1 is 1.22 bits per heavy atom. The van der Waals surface area contributed by atoms with Crippen molar-refractivity contribution in [2.24, 2.45) is 0 Å². The Bertz CT molecular complexity index is 642. The minimum atomic E-state index is -0.596. The minimum Gasteiger partial charge on any atom is -0.468 e. The molecule has 1 aliphatic heterocycles. The van der Waals surface area contributed by atoms with Crippen molar-refractivity contribution in [3.05, 3.63) is 16.9 Å². The van der Waals surface area contributed by atoms with Crippen LogP contribution in [0.15, 0.2) is 16.9 Å². The fraction of sp³-hybridized carbons (Fsp3) is 0.647. The molecule has 1 saturated heterocycles. The fourth-order valence-corrected chi connectivity index (χ4v) is 2.90. The number of carbonyl (C=O) groups excluding carboxylic acids is 2. The van der Waals surface area contributed by atoms with E-state index in [0.717, 1.165) is 4.47 Å². The number of esters is 1. The van der Waals surface area contributed by atoms with E-state index in [0.29, 0.717) is 32.1 Å². The molecule has 0 radical (unpaired) electrons. The molecule has 0 spiro atoms. The first-order valence-corrected chi connectivity index (χ1v) is 9.50. The Balaban J connectivity index is 1.92. The van der Waals surface area contributed by atoms with Crippen molar-refractivity contribution < 1.29 is 19.1 Å². The zero-order valence-electron chi connectivity index (χ0n) is 16.1. The van der Waals surface area contributed by atoms with E-state index in [1.165, 1.54) is 7.11 Å². The smallest absolute Gasteiger partial charge is 0.407 e. The first-order valence-electron chi connectivity index (χ1n) is 8.71. The summed E-state index contributed by atoms with van der Waals surface area (Å²) in [6.07, 6.45) is 2.85. The summed E-state index contributed by atoms with van der Waals surface area (Å²) in [6, 6.07) is -0.574. The second kappa shape index (κ2) is 9.32. The van der Waals surface area contributed by atoms with E-state index >= 15 is 0 Å². The SMILES string of the molecule is COC(=O)C(CNC(=O)OC(C)(C)C)N1CCN(c2ncc(Br)cn2)CC1. The highest BCUT2D eigenvalue weighted by Crippen LogP contribution is 2.15. The molecule has 0 aliphatic carbocycles. The van der Waals surface area contributed by atoms with Crippen molar-refractivity contribution in [3.63, 3.8) is 0 Å². The Morgan fingerprint density at radius 2 is 1.81 bits per heavy atom. The van der Waals surface area contributed by atoms with Gasteiger partial charge >= 0.3 is 12.1 Å². The molecule has 1 aromatic rings. The quantitative estimate of drug-likeness (QED) is 0.682. The third kappa shape index (κ3) is 6.62. The highest BCUT2D eigenvalue weighted by Gasteiger charge is 2.31. The predicted molar refractivity (Wildman–Crippen MR) is 104 cm³/mol. The first kappa shape index (κ1) is 21.4. The van der Waals surface area contributed by atoms with Crippen molar-refractivity contribution in [2.45, 2.75) is 32.4 Å². The summed E-state index contributed by atoms with van der Waals surface area (Å²) in [5.74, 6) is 0.263. The second-order valence-corrected chi connectivity index (χ2v) is 8.06. The summed E-state index contributed by atoms with van der Waals surface area (Å²) in [6.45, 7) is 8.05. The van der Waals surface area contributed by atoms with E-state index in [9.17, 15) is 9.59 Å². The third-order valence-electron chi connectivity index (χ3n) is 3.96. The van der Waals surface area contributed by atoms with Crippen LogP contribution in [0.4, 0.5) is 10.7 Å². The van der Waals surface area contributed by atoms with E-state index in [4.69, 9.17) is 9.47 Å². The van der Waals surface area contributed by atoms with Gasteiger partial charge in [-0.1, -0.05) is 0 Å². The molecule has 1 atom stereocenters. The molecule has 0 saturated carbocycles. The van der Waals surface area contributed by atoms with Gasteiger partial charge in [-0.05, 0) is 36.7 Å². The normalized spacial score (nSPS) is 16.6. The fourth-order valence-electron chi connectivity index (χ4n) is 2.69. The molecule has 1 fully saturated rings. The molecule has 2 rings (SSSR count). The average Bonchev–Trinajstić information content (AvgIpc) is 2.61. The molecule has 27 heavy (non-hydrogen) atoms. The third-order valence-corrected chi connectivity index (χ3v) is 4.37. The van der Waals surface area contributed by atoms with E-state index in [1.54, 1.807) is 33.2 Å². The topological polar surface area (TPSA) is 96.9 Å². The van der Waals surface area contributed by atoms with Gasteiger partial charge < -0.3 is 19.7 Å². The highest BCUT2D eigenvalue weighted by molar-refractivity contribution is 9.10. The summed E-state index contributed by atoms with van der Waals surface area (Å²) in [4.78, 5) is 36.7. The van der Waals surface area contributed by atoms with Gasteiger partial charge in [-0.3, -0.25) is 9.69 Å². The van der Waals surface area contributed by atoms with Gasteiger partial charge in [0.2, 0.25) is 5.95 Å². The Morgan fingerprint density at radius 3 is 2.33 bits per heavy atom. The number of piperazine rings is 1. The second-order valence-electron chi connectivity index (χ2n) is 7.15. The number of ether oxygens (including phenoxy) is 2. The van der Waals surface area contributed by atoms with E-state index in [2.05, 4.69) is 36.1 Å². The molecule has 150 valence electrons. The minimum absolute atomic E-state index is 0.121. The number of nitrogens with one attached hydrogen (secondary N) is 1. The molecule has 10 heteroatoms. The number of alkyl carbamates (subject to hydrolysis) is 1. The Hall–Kier alpha value is -1.94. The molecule has 0 aromatic carbocycles. The zero-order valence-corrected chi connectivity index (χ0v) is 17.7. The predicted octanol–water partition coefficient (Wildman–Crippen LogP) is 1.43. The van der Waals surface area contributed by atoms with Gasteiger partial charge in [0.25, 0.3) is 0 Å². The largest absolute Gasteiger partial charge is 0.468 e. The van der Waals surface area contributed by atoms with Crippen LogP contribution in [0.1, 0.15) is 20.8 Å². The van der Waals surface area contributed by atoms with Crippen LogP contribution in [0.3, 0.4) is 0 Å². The lowest BCUT2D eigenvalue weighted by Crippen LogP contribution is -2.56. The summed E-state index contributed by atoms with van der Waals surface area (Å²) in [5.41, 5.74) is -0.596. The van der Waals surface area contributed by atoms with Crippen LogP contribution in [0.25, 0.3) is 0 Å². The van der Waals surface area contributed by atoms with Gasteiger partial charge in [-0.2, -0.15) is 0 Å². The molecule has 9 nitrogen and oxygen atoms in total. The maximum atomic E-state index is 12.2. The summed E-state index contributed by atoms with van der Waals surface area (Å²) >= 11 is 3.32. The number of halogens is 1. The summed E-state index contributed by atoms with van der Waals surface area (Å²) < 4.78 is 11.0. The molecule has 1 unspecified atom stereocenters. The van der Waals surface area contributed by atoms with Crippen molar-refractivity contribution >= 4 is 33.9 Å². The van der Waals surface area contributed by atoms with E-state index in [1.807, 2.05) is 4.90 Å². The van der Waals surface area contributed by atoms with Crippen LogP contribution in [0.2, 0.25) is 0 Å². The van der Waals surface area contributed by atoms with Crippen LogP contribution in [0.5, 0.6) is 0 Å². The molecular weight excluding hydrogens is 418 g/mol. The van der Waals surface area contributed by atoms with Gasteiger partial charge in [-0.25, -0.2) is 14.8 Å². The number of nitrogens with zero attached hydrogens (tertiary/aromatic N) is 4. The Kier molecular flexibility index (Phi) is 7.37. The van der Waals surface area contributed by atoms with Crippen LogP contribution in [-0.2, 0) is 14.3 Å². The number of methoxy groups -OCH3 is 1. The van der Waals surface area contributed by atoms with E-state index < -0.39 is 17.7 Å². The number of hydrogen-bond acceptors (Lipinski definition) is 8. The average molecular weight is 444 g/mol. The van der Waals surface area contributed by atoms with Crippen molar-refractivity contribution in [1.82, 2.24) is 20.2 Å². The van der Waals surface area contributed by atoms with Crippen LogP contribution in [0, 0.1) is 0 Å². The number of anilines is 1. The van der Waals surface area contributed by atoms with Crippen LogP contribution in [-0.4, -0.2) is 78.4 Å². The number of hydrogen-bond donors (Lipinski definition) is 1. The van der Waals surface area contributed by atoms with Crippen molar-refractivity contribution in [2.75, 3.05) is 44.7 Å². The van der Waals surface area contributed by atoms with Crippen LogP contribution >= 0.6 is 15.9 Å². The van der Waals surface area contributed by atoms with E-state index in [-0.39, 0.29) is 12.5 Å². The number of amides is 1. The molecule has 1 N–H and O–H groups in total. The lowest BCUT2D eigenvalue weighted by Gasteiger charge is -2.38. The standard InChI is InChI=1S/C17H26BrN5O4/c1-17(2,3)27-16(25)21-11-13(14(24)26-4)22-5-7-23(8-6-22)15-19-9-12(18)10-20-15/h9-10,13H,5-8,11H2,1-4H3,(H,21,25). The maximum Gasteiger partial charge on any atom is 0.407 e. The number of aromatic nitrogens is 2. The molecular formula is C17H26BrN5O4. The van der Waals surface area contributed by atoms with Gasteiger partial charge in [0.05, 0.1) is 11.6 Å². The maximum absolute atomic E-state index is 12.2. The lowest BCUT2D eigenvalue weighted by molar-refractivity contribution is -0.146.